The molecular formula is C10H11N3O4. The van der Waals surface area contributed by atoms with Crippen molar-refractivity contribution >= 4 is 11.8 Å². The Hall–Kier alpha value is -2.27. The minimum Gasteiger partial charge on any atom is -0.465 e. The molecule has 0 aliphatic carbocycles. The number of carbonyl (C=O) groups excluding carboxylic acids is 2. The number of carbonyl (C=O) groups is 2. The van der Waals surface area contributed by atoms with Crippen LogP contribution in [0, 0.1) is 0 Å². The molecule has 1 aromatic heterocycles. The lowest BCUT2D eigenvalue weighted by atomic mass is 9.96. The van der Waals surface area contributed by atoms with Gasteiger partial charge in [0.1, 0.15) is 0 Å². The lowest BCUT2D eigenvalue weighted by Crippen LogP contribution is -2.42. The fourth-order valence-electron chi connectivity index (χ4n) is 1.19. The normalized spacial score (nSPS) is 13.3. The summed E-state index contributed by atoms with van der Waals surface area (Å²) in [4.78, 5) is 26.1. The fourth-order valence-corrected chi connectivity index (χ4v) is 1.19. The molecule has 1 rings (SSSR count). The number of azide groups is 1. The van der Waals surface area contributed by atoms with E-state index in [-0.39, 0.29) is 12.4 Å². The second-order valence-electron chi connectivity index (χ2n) is 3.29. The maximum absolute atomic E-state index is 12.0. The third-order valence-electron chi connectivity index (χ3n) is 2.10. The van der Waals surface area contributed by atoms with E-state index in [0.29, 0.717) is 0 Å². The van der Waals surface area contributed by atoms with E-state index in [9.17, 15) is 9.59 Å². The Kier molecular flexibility index (Phi) is 3.90. The van der Waals surface area contributed by atoms with Crippen molar-refractivity contribution in [1.82, 2.24) is 0 Å². The summed E-state index contributed by atoms with van der Waals surface area (Å²) >= 11 is 0. The summed E-state index contributed by atoms with van der Waals surface area (Å²) in [6.45, 7) is 2.86. The molecule has 90 valence electrons. The number of rotatable bonds is 5. The van der Waals surface area contributed by atoms with Crippen molar-refractivity contribution in [2.24, 2.45) is 5.11 Å². The predicted octanol–water partition coefficient (Wildman–Crippen LogP) is 2.09. The zero-order valence-corrected chi connectivity index (χ0v) is 9.41. The number of ketones is 1. The standard InChI is InChI=1S/C10H11N3O4/c1-3-16-9(15)10(2,12-13-11)8(14)7-5-4-6-17-7/h4-6H,3H2,1-2H3. The molecule has 7 heteroatoms. The molecule has 1 heterocycles. The van der Waals surface area contributed by atoms with Crippen molar-refractivity contribution in [2.75, 3.05) is 6.61 Å². The quantitative estimate of drug-likeness (QED) is 0.195. The average molecular weight is 237 g/mol. The Balaban J connectivity index is 3.12. The lowest BCUT2D eigenvalue weighted by molar-refractivity contribution is -0.146. The van der Waals surface area contributed by atoms with Crippen LogP contribution in [0.15, 0.2) is 27.9 Å². The highest BCUT2D eigenvalue weighted by Gasteiger charge is 2.43. The van der Waals surface area contributed by atoms with Crippen molar-refractivity contribution < 1.29 is 18.7 Å². The Morgan fingerprint density at radius 3 is 2.82 bits per heavy atom. The zero-order chi connectivity index (χ0) is 12.9. The van der Waals surface area contributed by atoms with E-state index in [0.717, 1.165) is 0 Å². The van der Waals surface area contributed by atoms with Gasteiger partial charge in [0.05, 0.1) is 12.9 Å². The first-order valence-electron chi connectivity index (χ1n) is 4.88. The minimum atomic E-state index is -1.94. The third-order valence-corrected chi connectivity index (χ3v) is 2.10. The van der Waals surface area contributed by atoms with Gasteiger partial charge in [0.25, 0.3) is 0 Å². The molecule has 0 fully saturated rings. The molecule has 17 heavy (non-hydrogen) atoms. The van der Waals surface area contributed by atoms with Crippen molar-refractivity contribution in [2.45, 2.75) is 19.4 Å². The van der Waals surface area contributed by atoms with Crippen LogP contribution >= 0.6 is 0 Å². The molecule has 1 atom stereocenters. The van der Waals surface area contributed by atoms with Crippen LogP contribution in [0.3, 0.4) is 0 Å². The van der Waals surface area contributed by atoms with Gasteiger partial charge in [-0.3, -0.25) is 9.59 Å². The van der Waals surface area contributed by atoms with Crippen LogP contribution < -0.4 is 0 Å². The van der Waals surface area contributed by atoms with Crippen molar-refractivity contribution in [3.8, 4) is 0 Å². The van der Waals surface area contributed by atoms with E-state index >= 15 is 0 Å². The average Bonchev–Trinajstić information content (AvgIpc) is 2.81. The molecule has 0 spiro atoms. The number of Topliss-reactive ketones (excluding diaryl/α,β-unsaturated/α-hetero) is 1. The number of hydrogen-bond acceptors (Lipinski definition) is 5. The molecule has 1 unspecified atom stereocenters. The van der Waals surface area contributed by atoms with E-state index in [1.54, 1.807) is 6.92 Å². The van der Waals surface area contributed by atoms with Crippen LogP contribution in [0.25, 0.3) is 10.4 Å². The molecule has 1 aromatic rings. The summed E-state index contributed by atoms with van der Waals surface area (Å²) < 4.78 is 9.59. The van der Waals surface area contributed by atoms with E-state index in [2.05, 4.69) is 10.0 Å². The Bertz CT molecular complexity index is 462. The fraction of sp³-hybridized carbons (Fsp3) is 0.400. The highest BCUT2D eigenvalue weighted by atomic mass is 16.5. The highest BCUT2D eigenvalue weighted by molar-refractivity contribution is 6.15. The first-order chi connectivity index (χ1) is 8.06. The van der Waals surface area contributed by atoms with Crippen LogP contribution in [0.1, 0.15) is 24.4 Å². The summed E-state index contributed by atoms with van der Waals surface area (Å²) in [5, 5.41) is 3.23. The van der Waals surface area contributed by atoms with Gasteiger partial charge in [-0.25, -0.2) is 0 Å². The van der Waals surface area contributed by atoms with Crippen LogP contribution in [-0.4, -0.2) is 23.9 Å². The van der Waals surface area contributed by atoms with Gasteiger partial charge in [0.2, 0.25) is 11.3 Å². The van der Waals surface area contributed by atoms with Gasteiger partial charge < -0.3 is 9.15 Å². The van der Waals surface area contributed by atoms with Crippen molar-refractivity contribution in [1.29, 1.82) is 0 Å². The van der Waals surface area contributed by atoms with E-state index in [1.165, 1.54) is 25.3 Å². The molecule has 0 saturated carbocycles. The second kappa shape index (κ2) is 5.18. The molecule has 0 aliphatic rings. The minimum absolute atomic E-state index is 0.0621. The van der Waals surface area contributed by atoms with Crippen molar-refractivity contribution in [3.63, 3.8) is 0 Å². The summed E-state index contributed by atoms with van der Waals surface area (Å²) in [5.41, 5.74) is 6.49. The summed E-state index contributed by atoms with van der Waals surface area (Å²) in [6, 6.07) is 2.88. The van der Waals surface area contributed by atoms with Crippen LogP contribution in [0.5, 0.6) is 0 Å². The molecule has 0 N–H and O–H groups in total. The first kappa shape index (κ1) is 12.8. The molecule has 0 amide bonds. The summed E-state index contributed by atoms with van der Waals surface area (Å²) in [7, 11) is 0. The molecule has 0 aliphatic heterocycles. The van der Waals surface area contributed by atoms with Crippen LogP contribution in [0.2, 0.25) is 0 Å². The predicted molar refractivity (Wildman–Crippen MR) is 57.2 cm³/mol. The topological polar surface area (TPSA) is 105 Å². The van der Waals surface area contributed by atoms with E-state index in [4.69, 9.17) is 14.7 Å². The third kappa shape index (κ3) is 2.46. The first-order valence-corrected chi connectivity index (χ1v) is 4.88. The number of ether oxygens (including phenoxy) is 1. The number of furan rings is 1. The Labute approximate surface area is 97.0 Å². The van der Waals surface area contributed by atoms with Gasteiger partial charge in [0.15, 0.2) is 5.76 Å². The Morgan fingerprint density at radius 1 is 1.65 bits per heavy atom. The molecular weight excluding hydrogens is 226 g/mol. The largest absolute Gasteiger partial charge is 0.465 e. The number of hydrogen-bond donors (Lipinski definition) is 0. The highest BCUT2D eigenvalue weighted by Crippen LogP contribution is 2.20. The van der Waals surface area contributed by atoms with Gasteiger partial charge >= 0.3 is 5.97 Å². The maximum atomic E-state index is 12.0. The molecule has 0 bridgehead atoms. The second-order valence-corrected chi connectivity index (χ2v) is 3.29. The van der Waals surface area contributed by atoms with E-state index < -0.39 is 17.3 Å². The maximum Gasteiger partial charge on any atom is 0.325 e. The monoisotopic (exact) mass is 237 g/mol. The summed E-state index contributed by atoms with van der Waals surface area (Å²) in [5.74, 6) is -1.70. The zero-order valence-electron chi connectivity index (χ0n) is 9.41. The lowest BCUT2D eigenvalue weighted by Gasteiger charge is -2.18. The van der Waals surface area contributed by atoms with Gasteiger partial charge in [-0.2, -0.15) is 0 Å². The number of esters is 1. The SMILES string of the molecule is CCOC(=O)C(C)(N=[N+]=[N-])C(=O)c1ccco1. The number of nitrogens with zero attached hydrogens (tertiary/aromatic N) is 3. The molecule has 7 nitrogen and oxygen atoms in total. The van der Waals surface area contributed by atoms with Crippen molar-refractivity contribution in [3.05, 3.63) is 34.6 Å². The van der Waals surface area contributed by atoms with Gasteiger partial charge in [-0.15, -0.1) is 0 Å². The molecule has 0 radical (unpaired) electrons. The Morgan fingerprint density at radius 2 is 2.35 bits per heavy atom. The van der Waals surface area contributed by atoms with E-state index in [1.807, 2.05) is 0 Å². The van der Waals surface area contributed by atoms with Crippen LogP contribution in [0.4, 0.5) is 0 Å². The van der Waals surface area contributed by atoms with Gasteiger partial charge in [0, 0.05) is 4.91 Å². The molecule has 0 aromatic carbocycles. The summed E-state index contributed by atoms with van der Waals surface area (Å²) in [6.07, 6.45) is 1.29. The smallest absolute Gasteiger partial charge is 0.325 e. The van der Waals surface area contributed by atoms with Gasteiger partial charge in [-0.05, 0) is 31.5 Å². The van der Waals surface area contributed by atoms with Crippen LogP contribution in [-0.2, 0) is 9.53 Å². The van der Waals surface area contributed by atoms with Gasteiger partial charge in [-0.1, -0.05) is 5.11 Å². The molecule has 0 saturated heterocycles.